The molecule has 0 spiro atoms. The van der Waals surface area contributed by atoms with Gasteiger partial charge in [0.05, 0.1) is 6.04 Å². The average Bonchev–Trinajstić information content (AvgIpc) is 2.40. The van der Waals surface area contributed by atoms with Crippen molar-refractivity contribution in [2.24, 2.45) is 5.11 Å². The van der Waals surface area contributed by atoms with Gasteiger partial charge in [0, 0.05) is 11.3 Å². The number of ketones is 1. The number of fused-ring (bicyclic) bond motifs is 1. The van der Waals surface area contributed by atoms with E-state index in [9.17, 15) is 4.79 Å². The van der Waals surface area contributed by atoms with Crippen molar-refractivity contribution in [2.45, 2.75) is 25.3 Å². The number of benzene rings is 1. The second kappa shape index (κ2) is 4.15. The molecule has 1 unspecified atom stereocenters. The smallest absolute Gasteiger partial charge is 0.146 e. The van der Waals surface area contributed by atoms with Crippen LogP contribution in [0, 0.1) is 0 Å². The van der Waals surface area contributed by atoms with Crippen molar-refractivity contribution in [1.82, 2.24) is 0 Å². The molecule has 0 saturated heterocycles. The molecule has 0 heterocycles. The summed E-state index contributed by atoms with van der Waals surface area (Å²) < 4.78 is 0. The molecule has 76 valence electrons. The van der Waals surface area contributed by atoms with Crippen molar-refractivity contribution < 1.29 is 4.79 Å². The quantitative estimate of drug-likeness (QED) is 0.298. The zero-order valence-corrected chi connectivity index (χ0v) is 8.26. The molecule has 0 saturated carbocycles. The van der Waals surface area contributed by atoms with E-state index >= 15 is 0 Å². The largest absolute Gasteiger partial charge is 0.299 e. The van der Waals surface area contributed by atoms with Crippen LogP contribution >= 0.6 is 0 Å². The summed E-state index contributed by atoms with van der Waals surface area (Å²) in [7, 11) is 0. The lowest BCUT2D eigenvalue weighted by Crippen LogP contribution is -2.18. The lowest BCUT2D eigenvalue weighted by atomic mass is 10.0. The van der Waals surface area contributed by atoms with Gasteiger partial charge in [-0.25, -0.2) is 0 Å². The van der Waals surface area contributed by atoms with Gasteiger partial charge in [-0.15, -0.1) is 0 Å². The molecule has 1 aromatic rings. The Morgan fingerprint density at radius 2 is 2.07 bits per heavy atom. The number of Topliss-reactive ketones (excluding diaryl/α,β-unsaturated/α-hetero) is 1. The summed E-state index contributed by atoms with van der Waals surface area (Å²) in [5.74, 6) is 0.0257. The van der Waals surface area contributed by atoms with Crippen LogP contribution in [0.4, 0.5) is 0 Å². The molecule has 0 bridgehead atoms. The molecule has 2 rings (SSSR count). The summed E-state index contributed by atoms with van der Waals surface area (Å²) >= 11 is 0. The predicted octanol–water partition coefficient (Wildman–Crippen LogP) is 2.42. The molecule has 1 aliphatic rings. The number of rotatable bonds is 1. The minimum absolute atomic E-state index is 0.0257. The molecule has 15 heavy (non-hydrogen) atoms. The van der Waals surface area contributed by atoms with E-state index in [-0.39, 0.29) is 5.78 Å². The summed E-state index contributed by atoms with van der Waals surface area (Å²) in [4.78, 5) is 14.4. The third-order valence-electron chi connectivity index (χ3n) is 2.73. The molecular weight excluding hydrogens is 190 g/mol. The first kappa shape index (κ1) is 9.74. The summed E-state index contributed by atoms with van der Waals surface area (Å²) in [5, 5.41) is 3.54. The van der Waals surface area contributed by atoms with Gasteiger partial charge in [0.15, 0.2) is 0 Å². The van der Waals surface area contributed by atoms with E-state index in [1.165, 1.54) is 5.56 Å². The number of hydrogen-bond donors (Lipinski definition) is 0. The Bertz CT molecular complexity index is 435. The van der Waals surface area contributed by atoms with Crippen LogP contribution in [0.5, 0.6) is 0 Å². The van der Waals surface area contributed by atoms with Gasteiger partial charge in [-0.3, -0.25) is 4.79 Å². The molecule has 0 radical (unpaired) electrons. The van der Waals surface area contributed by atoms with Crippen molar-refractivity contribution in [3.05, 3.63) is 45.8 Å². The number of carbonyl (C=O) groups excluding carboxylic acids is 1. The molecule has 0 aromatic heterocycles. The lowest BCUT2D eigenvalue weighted by Gasteiger charge is -2.02. The van der Waals surface area contributed by atoms with Gasteiger partial charge in [0.1, 0.15) is 5.78 Å². The van der Waals surface area contributed by atoms with Gasteiger partial charge in [0.25, 0.3) is 0 Å². The minimum atomic E-state index is -0.484. The average molecular weight is 201 g/mol. The van der Waals surface area contributed by atoms with Crippen molar-refractivity contribution >= 4 is 5.78 Å². The summed E-state index contributed by atoms with van der Waals surface area (Å²) in [6.45, 7) is 0. The fourth-order valence-electron chi connectivity index (χ4n) is 1.92. The normalized spacial score (nSPS) is 20.0. The highest BCUT2D eigenvalue weighted by Gasteiger charge is 2.22. The molecule has 4 heteroatoms. The summed E-state index contributed by atoms with van der Waals surface area (Å²) in [5.41, 5.74) is 10.6. The van der Waals surface area contributed by atoms with Crippen LogP contribution < -0.4 is 0 Å². The molecule has 0 aliphatic heterocycles. The number of hydrogen-bond acceptors (Lipinski definition) is 2. The van der Waals surface area contributed by atoms with Crippen LogP contribution in [-0.4, -0.2) is 11.8 Å². The molecule has 0 amide bonds. The molecule has 4 nitrogen and oxygen atoms in total. The Balaban J connectivity index is 2.30. The van der Waals surface area contributed by atoms with Crippen LogP contribution in [0.2, 0.25) is 0 Å². The second-order valence-corrected chi connectivity index (χ2v) is 3.67. The first-order chi connectivity index (χ1) is 7.31. The van der Waals surface area contributed by atoms with Gasteiger partial charge in [-0.2, -0.15) is 0 Å². The molecule has 1 aromatic carbocycles. The molecule has 0 N–H and O–H groups in total. The zero-order chi connectivity index (χ0) is 10.7. The van der Waals surface area contributed by atoms with Crippen molar-refractivity contribution in [2.75, 3.05) is 0 Å². The fraction of sp³-hybridized carbons (Fsp3) is 0.364. The highest BCUT2D eigenvalue weighted by Crippen LogP contribution is 2.20. The molecule has 0 fully saturated rings. The maximum absolute atomic E-state index is 11.7. The number of aryl methyl sites for hydroxylation is 1. The first-order valence-corrected chi connectivity index (χ1v) is 4.95. The predicted molar refractivity (Wildman–Crippen MR) is 56.4 cm³/mol. The van der Waals surface area contributed by atoms with E-state index in [4.69, 9.17) is 5.53 Å². The first-order valence-electron chi connectivity index (χ1n) is 4.95. The second-order valence-electron chi connectivity index (χ2n) is 3.67. The van der Waals surface area contributed by atoms with E-state index in [0.29, 0.717) is 12.8 Å². The van der Waals surface area contributed by atoms with Crippen molar-refractivity contribution in [1.29, 1.82) is 0 Å². The van der Waals surface area contributed by atoms with Crippen LogP contribution in [0.15, 0.2) is 29.4 Å². The maximum atomic E-state index is 11.7. The van der Waals surface area contributed by atoms with Crippen molar-refractivity contribution in [3.63, 3.8) is 0 Å². The maximum Gasteiger partial charge on any atom is 0.146 e. The Morgan fingerprint density at radius 3 is 2.80 bits per heavy atom. The third-order valence-corrected chi connectivity index (χ3v) is 2.73. The van der Waals surface area contributed by atoms with Gasteiger partial charge in [-0.1, -0.05) is 29.4 Å². The topological polar surface area (TPSA) is 65.8 Å². The van der Waals surface area contributed by atoms with E-state index in [2.05, 4.69) is 10.0 Å². The highest BCUT2D eigenvalue weighted by molar-refractivity contribution is 5.87. The molecule has 1 aliphatic carbocycles. The SMILES string of the molecule is [N-]=[N+]=NC1CCc2ccccc2CC1=O. The summed E-state index contributed by atoms with van der Waals surface area (Å²) in [6, 6.07) is 7.41. The van der Waals surface area contributed by atoms with Gasteiger partial charge < -0.3 is 0 Å². The fourth-order valence-corrected chi connectivity index (χ4v) is 1.92. The van der Waals surface area contributed by atoms with E-state index in [1.807, 2.05) is 24.3 Å². The lowest BCUT2D eigenvalue weighted by molar-refractivity contribution is -0.119. The Labute approximate surface area is 87.5 Å². The standard InChI is InChI=1S/C11H11N3O/c12-14-13-10-6-5-8-3-1-2-4-9(8)7-11(10)15/h1-4,10H,5-7H2. The van der Waals surface area contributed by atoms with E-state index in [0.717, 1.165) is 12.0 Å². The van der Waals surface area contributed by atoms with E-state index in [1.54, 1.807) is 0 Å². The van der Waals surface area contributed by atoms with E-state index < -0.39 is 6.04 Å². The number of carbonyl (C=O) groups is 1. The van der Waals surface area contributed by atoms with Gasteiger partial charge in [0.2, 0.25) is 0 Å². The Kier molecular flexibility index (Phi) is 2.70. The minimum Gasteiger partial charge on any atom is -0.299 e. The van der Waals surface area contributed by atoms with Crippen molar-refractivity contribution in [3.8, 4) is 0 Å². The van der Waals surface area contributed by atoms with Gasteiger partial charge in [-0.05, 0) is 29.5 Å². The van der Waals surface area contributed by atoms with Crippen LogP contribution in [-0.2, 0) is 17.6 Å². The molecule has 1 atom stereocenters. The number of nitrogens with zero attached hydrogens (tertiary/aromatic N) is 3. The molecular formula is C11H11N3O. The Hall–Kier alpha value is -1.80. The van der Waals surface area contributed by atoms with Crippen LogP contribution in [0.1, 0.15) is 17.5 Å². The third kappa shape index (κ3) is 2.00. The zero-order valence-electron chi connectivity index (χ0n) is 8.26. The number of azide groups is 1. The summed E-state index contributed by atoms with van der Waals surface area (Å²) in [6.07, 6.45) is 1.82. The monoisotopic (exact) mass is 201 g/mol. The van der Waals surface area contributed by atoms with Crippen LogP contribution in [0.3, 0.4) is 0 Å². The highest BCUT2D eigenvalue weighted by atomic mass is 16.1. The Morgan fingerprint density at radius 1 is 1.33 bits per heavy atom. The van der Waals surface area contributed by atoms with Gasteiger partial charge >= 0.3 is 0 Å². The van der Waals surface area contributed by atoms with Crippen LogP contribution in [0.25, 0.3) is 10.4 Å².